The predicted octanol–water partition coefficient (Wildman–Crippen LogP) is 1.63. The van der Waals surface area contributed by atoms with Crippen molar-refractivity contribution in [3.05, 3.63) is 30.1 Å². The van der Waals surface area contributed by atoms with Gasteiger partial charge in [0.05, 0.1) is 12.3 Å². The van der Waals surface area contributed by atoms with E-state index in [4.69, 9.17) is 0 Å². The molecule has 2 rings (SSSR count). The third kappa shape index (κ3) is 2.40. The summed E-state index contributed by atoms with van der Waals surface area (Å²) in [5.74, 6) is 1.92. The van der Waals surface area contributed by atoms with Crippen LogP contribution in [-0.4, -0.2) is 40.1 Å². The molecule has 4 nitrogen and oxygen atoms in total. The molecule has 0 spiro atoms. The quantitative estimate of drug-likeness (QED) is 0.877. The van der Waals surface area contributed by atoms with Crippen molar-refractivity contribution in [3.63, 3.8) is 0 Å². The minimum absolute atomic E-state index is 0.00409. The van der Waals surface area contributed by atoms with Gasteiger partial charge in [-0.15, -0.1) is 0 Å². The van der Waals surface area contributed by atoms with Crippen molar-refractivity contribution < 1.29 is 5.11 Å². The SMILES string of the molecule is CSCCN(C)c1nc2ccccn2c1CO. The third-order valence-corrected chi connectivity index (χ3v) is 3.34. The summed E-state index contributed by atoms with van der Waals surface area (Å²) >= 11 is 1.81. The van der Waals surface area contributed by atoms with Crippen LogP contribution in [0.4, 0.5) is 5.82 Å². The lowest BCUT2D eigenvalue weighted by Crippen LogP contribution is -2.22. The molecule has 0 unspecified atom stereocenters. The first-order valence-corrected chi connectivity index (χ1v) is 6.94. The minimum atomic E-state index is 0.00409. The maximum atomic E-state index is 9.49. The lowest BCUT2D eigenvalue weighted by molar-refractivity contribution is 0.276. The van der Waals surface area contributed by atoms with Gasteiger partial charge in [0, 0.05) is 25.5 Å². The number of rotatable bonds is 5. The number of fused-ring (bicyclic) bond motifs is 1. The van der Waals surface area contributed by atoms with E-state index in [0.29, 0.717) is 0 Å². The van der Waals surface area contributed by atoms with Gasteiger partial charge >= 0.3 is 0 Å². The van der Waals surface area contributed by atoms with E-state index in [1.807, 2.05) is 35.8 Å². The highest BCUT2D eigenvalue weighted by Crippen LogP contribution is 2.20. The molecule has 2 heterocycles. The molecular formula is C12H17N3OS. The zero-order valence-electron chi connectivity index (χ0n) is 10.1. The van der Waals surface area contributed by atoms with Crippen LogP contribution >= 0.6 is 11.8 Å². The van der Waals surface area contributed by atoms with E-state index in [1.165, 1.54) is 0 Å². The van der Waals surface area contributed by atoms with Crippen molar-refractivity contribution >= 4 is 23.2 Å². The van der Waals surface area contributed by atoms with Crippen molar-refractivity contribution in [2.24, 2.45) is 0 Å². The first-order chi connectivity index (χ1) is 8.27. The molecule has 1 N–H and O–H groups in total. The number of anilines is 1. The number of thioether (sulfide) groups is 1. The zero-order chi connectivity index (χ0) is 12.3. The van der Waals surface area contributed by atoms with E-state index in [-0.39, 0.29) is 6.61 Å². The van der Waals surface area contributed by atoms with Crippen LogP contribution in [-0.2, 0) is 6.61 Å². The van der Waals surface area contributed by atoms with Crippen LogP contribution in [0.5, 0.6) is 0 Å². The predicted molar refractivity (Wildman–Crippen MR) is 72.8 cm³/mol. The van der Waals surface area contributed by atoms with Crippen LogP contribution in [0, 0.1) is 0 Å². The van der Waals surface area contributed by atoms with Gasteiger partial charge in [0.25, 0.3) is 0 Å². The lowest BCUT2D eigenvalue weighted by Gasteiger charge is -2.16. The van der Waals surface area contributed by atoms with Crippen molar-refractivity contribution in [3.8, 4) is 0 Å². The Morgan fingerprint density at radius 3 is 3.00 bits per heavy atom. The Kier molecular flexibility index (Phi) is 3.91. The number of pyridine rings is 1. The van der Waals surface area contributed by atoms with Gasteiger partial charge in [-0.1, -0.05) is 6.07 Å². The number of aliphatic hydroxyl groups excluding tert-OH is 1. The standard InChI is InChI=1S/C12H17N3OS/c1-14(7-8-17-2)12-10(9-16)15-6-4-3-5-11(15)13-12/h3-6,16H,7-9H2,1-2H3. The zero-order valence-corrected chi connectivity index (χ0v) is 10.9. The second-order valence-electron chi connectivity index (χ2n) is 3.88. The van der Waals surface area contributed by atoms with E-state index >= 15 is 0 Å². The highest BCUT2D eigenvalue weighted by atomic mass is 32.2. The Hall–Kier alpha value is -1.20. The maximum Gasteiger partial charge on any atom is 0.153 e. The number of aromatic nitrogens is 2. The van der Waals surface area contributed by atoms with Gasteiger partial charge in [0.1, 0.15) is 5.65 Å². The van der Waals surface area contributed by atoms with Crippen molar-refractivity contribution in [1.29, 1.82) is 0 Å². The molecule has 2 aromatic rings. The Morgan fingerprint density at radius 2 is 2.29 bits per heavy atom. The number of imidazole rings is 1. The second kappa shape index (κ2) is 5.42. The van der Waals surface area contributed by atoms with Gasteiger partial charge in [-0.2, -0.15) is 11.8 Å². The van der Waals surface area contributed by atoms with Gasteiger partial charge in [-0.3, -0.25) is 4.40 Å². The summed E-state index contributed by atoms with van der Waals surface area (Å²) in [4.78, 5) is 6.65. The fourth-order valence-electron chi connectivity index (χ4n) is 1.82. The summed E-state index contributed by atoms with van der Waals surface area (Å²) in [6, 6.07) is 5.85. The van der Waals surface area contributed by atoms with E-state index < -0.39 is 0 Å². The number of aliphatic hydroxyl groups is 1. The molecule has 0 amide bonds. The van der Waals surface area contributed by atoms with Crippen LogP contribution in [0.3, 0.4) is 0 Å². The molecule has 17 heavy (non-hydrogen) atoms. The van der Waals surface area contributed by atoms with Crippen molar-refractivity contribution in [1.82, 2.24) is 9.38 Å². The van der Waals surface area contributed by atoms with Crippen LogP contribution in [0.2, 0.25) is 0 Å². The molecule has 5 heteroatoms. The number of hydrogen-bond acceptors (Lipinski definition) is 4. The van der Waals surface area contributed by atoms with Gasteiger partial charge in [-0.25, -0.2) is 4.98 Å². The number of nitrogens with zero attached hydrogens (tertiary/aromatic N) is 3. The summed E-state index contributed by atoms with van der Waals surface area (Å²) in [5.41, 5.74) is 1.73. The average molecular weight is 251 g/mol. The molecule has 0 radical (unpaired) electrons. The Balaban J connectivity index is 2.38. The molecule has 92 valence electrons. The van der Waals surface area contributed by atoms with Crippen LogP contribution in [0.25, 0.3) is 5.65 Å². The van der Waals surface area contributed by atoms with Crippen LogP contribution in [0.15, 0.2) is 24.4 Å². The molecule has 0 fully saturated rings. The van der Waals surface area contributed by atoms with Gasteiger partial charge < -0.3 is 10.0 Å². The molecular weight excluding hydrogens is 234 g/mol. The largest absolute Gasteiger partial charge is 0.390 e. The third-order valence-electron chi connectivity index (χ3n) is 2.75. The minimum Gasteiger partial charge on any atom is -0.390 e. The van der Waals surface area contributed by atoms with E-state index in [2.05, 4.69) is 16.1 Å². The smallest absolute Gasteiger partial charge is 0.153 e. The Morgan fingerprint density at radius 1 is 1.47 bits per heavy atom. The van der Waals surface area contributed by atoms with E-state index in [1.54, 1.807) is 11.8 Å². The first kappa shape index (κ1) is 12.3. The number of hydrogen-bond donors (Lipinski definition) is 1. The maximum absolute atomic E-state index is 9.49. The van der Waals surface area contributed by atoms with Gasteiger partial charge in [0.15, 0.2) is 5.82 Å². The summed E-state index contributed by atoms with van der Waals surface area (Å²) in [6.07, 6.45) is 4.02. The Labute approximate surface area is 105 Å². The second-order valence-corrected chi connectivity index (χ2v) is 4.87. The molecule has 0 aliphatic heterocycles. The van der Waals surface area contributed by atoms with Crippen molar-refractivity contribution in [2.75, 3.05) is 30.5 Å². The van der Waals surface area contributed by atoms with Gasteiger partial charge in [-0.05, 0) is 18.4 Å². The van der Waals surface area contributed by atoms with Crippen LogP contribution in [0.1, 0.15) is 5.69 Å². The van der Waals surface area contributed by atoms with Crippen molar-refractivity contribution in [2.45, 2.75) is 6.61 Å². The monoisotopic (exact) mass is 251 g/mol. The van der Waals surface area contributed by atoms with Crippen LogP contribution < -0.4 is 4.90 Å². The fraction of sp³-hybridized carbons (Fsp3) is 0.417. The molecule has 0 aliphatic rings. The molecule has 0 bridgehead atoms. The summed E-state index contributed by atoms with van der Waals surface area (Å²) in [5, 5.41) is 9.49. The summed E-state index contributed by atoms with van der Waals surface area (Å²) < 4.78 is 1.94. The molecule has 0 aliphatic carbocycles. The molecule has 0 atom stereocenters. The summed E-state index contributed by atoms with van der Waals surface area (Å²) in [7, 11) is 2.01. The van der Waals surface area contributed by atoms with E-state index in [0.717, 1.165) is 29.5 Å². The van der Waals surface area contributed by atoms with E-state index in [9.17, 15) is 5.11 Å². The molecule has 0 saturated carbocycles. The molecule has 2 aromatic heterocycles. The summed E-state index contributed by atoms with van der Waals surface area (Å²) in [6.45, 7) is 0.933. The lowest BCUT2D eigenvalue weighted by atomic mass is 10.4. The molecule has 0 aromatic carbocycles. The fourth-order valence-corrected chi connectivity index (χ4v) is 2.28. The Bertz CT molecular complexity index is 497. The first-order valence-electron chi connectivity index (χ1n) is 5.55. The highest BCUT2D eigenvalue weighted by Gasteiger charge is 2.14. The molecule has 0 saturated heterocycles. The highest BCUT2D eigenvalue weighted by molar-refractivity contribution is 7.98. The topological polar surface area (TPSA) is 40.8 Å². The average Bonchev–Trinajstić information content (AvgIpc) is 2.74. The van der Waals surface area contributed by atoms with Gasteiger partial charge in [0.2, 0.25) is 0 Å². The normalized spacial score (nSPS) is 11.0.